The zero-order valence-electron chi connectivity index (χ0n) is 13.8. The number of hydrogen-bond acceptors (Lipinski definition) is 5. The van der Waals surface area contributed by atoms with E-state index in [1.165, 1.54) is 23.5 Å². The topological polar surface area (TPSA) is 92.9 Å². The molecule has 0 spiro atoms. The van der Waals surface area contributed by atoms with Crippen LogP contribution in [-0.4, -0.2) is 42.9 Å². The Morgan fingerprint density at radius 1 is 1.24 bits per heavy atom. The molecule has 0 radical (unpaired) electrons. The first-order valence-corrected chi connectivity index (χ1v) is 7.97. The summed E-state index contributed by atoms with van der Waals surface area (Å²) < 4.78 is 1.51. The van der Waals surface area contributed by atoms with Crippen LogP contribution in [0.3, 0.4) is 0 Å². The second-order valence-electron chi connectivity index (χ2n) is 5.76. The number of benzene rings is 1. The van der Waals surface area contributed by atoms with Crippen molar-refractivity contribution in [3.8, 4) is 5.82 Å². The highest BCUT2D eigenvalue weighted by Gasteiger charge is 2.18. The second-order valence-corrected chi connectivity index (χ2v) is 5.76. The monoisotopic (exact) mass is 337 g/mol. The van der Waals surface area contributed by atoms with Gasteiger partial charge in [-0.15, -0.1) is 0 Å². The van der Waals surface area contributed by atoms with Crippen LogP contribution in [0.4, 0.5) is 0 Å². The Morgan fingerprint density at radius 3 is 2.68 bits per heavy atom. The molecule has 128 valence electrons. The molecule has 7 heteroatoms. The number of aromatic nitrogens is 4. The van der Waals surface area contributed by atoms with E-state index in [0.717, 1.165) is 5.56 Å². The molecule has 0 fully saturated rings. The summed E-state index contributed by atoms with van der Waals surface area (Å²) in [6.45, 7) is 1.78. The fourth-order valence-electron chi connectivity index (χ4n) is 2.40. The third kappa shape index (κ3) is 4.27. The summed E-state index contributed by atoms with van der Waals surface area (Å²) in [5.41, 5.74) is 1.44. The van der Waals surface area contributed by atoms with Crippen molar-refractivity contribution >= 4 is 5.91 Å². The third-order valence-electron chi connectivity index (χ3n) is 3.89. The summed E-state index contributed by atoms with van der Waals surface area (Å²) in [4.78, 5) is 20.4. The second kappa shape index (κ2) is 7.67. The van der Waals surface area contributed by atoms with Crippen LogP contribution in [0.15, 0.2) is 61.3 Å². The average molecular weight is 337 g/mol. The number of carbonyl (C=O) groups is 1. The van der Waals surface area contributed by atoms with Crippen molar-refractivity contribution in [3.05, 3.63) is 72.4 Å². The molecule has 0 aliphatic carbocycles. The molecule has 0 aliphatic rings. The van der Waals surface area contributed by atoms with Gasteiger partial charge in [-0.1, -0.05) is 30.3 Å². The van der Waals surface area contributed by atoms with Crippen molar-refractivity contribution in [2.45, 2.75) is 25.5 Å². The number of aliphatic hydroxyl groups excluding tert-OH is 1. The van der Waals surface area contributed by atoms with Crippen LogP contribution in [-0.2, 0) is 6.42 Å². The molecule has 2 unspecified atom stereocenters. The van der Waals surface area contributed by atoms with Crippen LogP contribution in [0.25, 0.3) is 5.82 Å². The SMILES string of the molecule is CC(NC(=O)c1ccc(-n2cncn2)nc1)C(O)Cc1ccccc1. The zero-order chi connectivity index (χ0) is 17.6. The van der Waals surface area contributed by atoms with Crippen LogP contribution in [0.1, 0.15) is 22.8 Å². The lowest BCUT2D eigenvalue weighted by atomic mass is 10.0. The van der Waals surface area contributed by atoms with Gasteiger partial charge in [0, 0.05) is 12.6 Å². The van der Waals surface area contributed by atoms with Gasteiger partial charge in [0.1, 0.15) is 12.7 Å². The summed E-state index contributed by atoms with van der Waals surface area (Å²) in [5.74, 6) is 0.295. The van der Waals surface area contributed by atoms with Crippen LogP contribution in [0.2, 0.25) is 0 Å². The maximum Gasteiger partial charge on any atom is 0.253 e. The summed E-state index contributed by atoms with van der Waals surface area (Å²) in [7, 11) is 0. The van der Waals surface area contributed by atoms with Gasteiger partial charge in [-0.3, -0.25) is 4.79 Å². The molecule has 0 aliphatic heterocycles. The van der Waals surface area contributed by atoms with Crippen molar-refractivity contribution in [2.75, 3.05) is 0 Å². The number of pyridine rings is 1. The molecule has 1 amide bonds. The number of nitrogens with zero attached hydrogens (tertiary/aromatic N) is 4. The van der Waals surface area contributed by atoms with Gasteiger partial charge in [0.2, 0.25) is 0 Å². The van der Waals surface area contributed by atoms with Gasteiger partial charge < -0.3 is 10.4 Å². The molecule has 7 nitrogen and oxygen atoms in total. The Bertz CT molecular complexity index is 803. The van der Waals surface area contributed by atoms with E-state index in [1.807, 2.05) is 30.3 Å². The van der Waals surface area contributed by atoms with E-state index in [4.69, 9.17) is 0 Å². The van der Waals surface area contributed by atoms with Gasteiger partial charge in [0.15, 0.2) is 5.82 Å². The first-order chi connectivity index (χ1) is 12.1. The predicted octanol–water partition coefficient (Wildman–Crippen LogP) is 1.38. The molecule has 2 heterocycles. The smallest absolute Gasteiger partial charge is 0.253 e. The molecule has 3 aromatic rings. The Labute approximate surface area is 145 Å². The Kier molecular flexibility index (Phi) is 5.15. The van der Waals surface area contributed by atoms with Gasteiger partial charge in [-0.25, -0.2) is 14.6 Å². The molecule has 3 rings (SSSR count). The largest absolute Gasteiger partial charge is 0.391 e. The normalized spacial score (nSPS) is 13.2. The lowest BCUT2D eigenvalue weighted by molar-refractivity contribution is 0.0851. The Hall–Kier alpha value is -3.06. The fourth-order valence-corrected chi connectivity index (χ4v) is 2.40. The average Bonchev–Trinajstić information content (AvgIpc) is 3.17. The van der Waals surface area contributed by atoms with Crippen molar-refractivity contribution in [2.24, 2.45) is 0 Å². The highest BCUT2D eigenvalue weighted by Crippen LogP contribution is 2.08. The maximum absolute atomic E-state index is 12.3. The molecular weight excluding hydrogens is 318 g/mol. The molecule has 0 saturated heterocycles. The van der Waals surface area contributed by atoms with Crippen molar-refractivity contribution in [1.29, 1.82) is 0 Å². The van der Waals surface area contributed by atoms with Crippen LogP contribution in [0.5, 0.6) is 0 Å². The van der Waals surface area contributed by atoms with E-state index in [2.05, 4.69) is 20.4 Å². The van der Waals surface area contributed by atoms with Crippen molar-refractivity contribution in [3.63, 3.8) is 0 Å². The first-order valence-electron chi connectivity index (χ1n) is 7.97. The molecule has 2 N–H and O–H groups in total. The molecule has 25 heavy (non-hydrogen) atoms. The fraction of sp³-hybridized carbons (Fsp3) is 0.222. The number of carbonyl (C=O) groups excluding carboxylic acids is 1. The summed E-state index contributed by atoms with van der Waals surface area (Å²) in [5, 5.41) is 17.1. The standard InChI is InChI=1S/C18H19N5O2/c1-13(16(24)9-14-5-3-2-4-6-14)22-18(25)15-7-8-17(20-10-15)23-12-19-11-21-23/h2-8,10-13,16,24H,9H2,1H3,(H,22,25). The Morgan fingerprint density at radius 2 is 2.04 bits per heavy atom. The van der Waals surface area contributed by atoms with Crippen LogP contribution >= 0.6 is 0 Å². The van der Waals surface area contributed by atoms with Crippen LogP contribution in [0, 0.1) is 0 Å². The molecule has 2 atom stereocenters. The number of hydrogen-bond donors (Lipinski definition) is 2. The molecule has 2 aromatic heterocycles. The van der Waals surface area contributed by atoms with Gasteiger partial charge in [-0.2, -0.15) is 5.10 Å². The van der Waals surface area contributed by atoms with E-state index >= 15 is 0 Å². The van der Waals surface area contributed by atoms with E-state index in [9.17, 15) is 9.90 Å². The zero-order valence-corrected chi connectivity index (χ0v) is 13.8. The highest BCUT2D eigenvalue weighted by molar-refractivity contribution is 5.94. The maximum atomic E-state index is 12.3. The van der Waals surface area contributed by atoms with E-state index in [-0.39, 0.29) is 11.9 Å². The molecule has 0 bridgehead atoms. The lowest BCUT2D eigenvalue weighted by Gasteiger charge is -2.20. The van der Waals surface area contributed by atoms with Crippen molar-refractivity contribution < 1.29 is 9.90 Å². The summed E-state index contributed by atoms with van der Waals surface area (Å²) >= 11 is 0. The molecule has 0 saturated carbocycles. The Balaban J connectivity index is 1.59. The number of aliphatic hydroxyl groups is 1. The minimum Gasteiger partial charge on any atom is -0.391 e. The summed E-state index contributed by atoms with van der Waals surface area (Å²) in [6.07, 6.45) is 4.23. The van der Waals surface area contributed by atoms with E-state index in [1.54, 1.807) is 19.1 Å². The lowest BCUT2D eigenvalue weighted by Crippen LogP contribution is -2.42. The minimum atomic E-state index is -0.672. The molecular formula is C18H19N5O2. The third-order valence-corrected chi connectivity index (χ3v) is 3.89. The first kappa shape index (κ1) is 16.8. The highest BCUT2D eigenvalue weighted by atomic mass is 16.3. The number of nitrogens with one attached hydrogen (secondary N) is 1. The number of amides is 1. The summed E-state index contributed by atoms with van der Waals surface area (Å²) in [6, 6.07) is 12.6. The number of rotatable bonds is 6. The quantitative estimate of drug-likeness (QED) is 0.709. The van der Waals surface area contributed by atoms with Gasteiger partial charge in [0.05, 0.1) is 17.7 Å². The minimum absolute atomic E-state index is 0.280. The van der Waals surface area contributed by atoms with Crippen LogP contribution < -0.4 is 5.32 Å². The van der Waals surface area contributed by atoms with E-state index < -0.39 is 6.10 Å². The van der Waals surface area contributed by atoms with E-state index in [0.29, 0.717) is 17.8 Å². The van der Waals surface area contributed by atoms with Gasteiger partial charge in [-0.05, 0) is 24.6 Å². The molecule has 1 aromatic carbocycles. The van der Waals surface area contributed by atoms with Crippen molar-refractivity contribution in [1.82, 2.24) is 25.1 Å². The predicted molar refractivity (Wildman–Crippen MR) is 92.2 cm³/mol. The van der Waals surface area contributed by atoms with Gasteiger partial charge >= 0.3 is 0 Å². The van der Waals surface area contributed by atoms with Gasteiger partial charge in [0.25, 0.3) is 5.91 Å².